The first-order valence-corrected chi connectivity index (χ1v) is 14.3. The number of amides is 2. The number of aliphatic hydroxyl groups excluding tert-OH is 1. The lowest BCUT2D eigenvalue weighted by Crippen LogP contribution is -2.43. The summed E-state index contributed by atoms with van der Waals surface area (Å²) in [6, 6.07) is 30.0. The molecule has 0 spiro atoms. The van der Waals surface area contributed by atoms with Crippen molar-refractivity contribution in [3.8, 4) is 11.1 Å². The van der Waals surface area contributed by atoms with Gasteiger partial charge >= 0.3 is 6.18 Å². The van der Waals surface area contributed by atoms with Crippen LogP contribution in [-0.4, -0.2) is 35.3 Å². The van der Waals surface area contributed by atoms with E-state index in [-0.39, 0.29) is 17.9 Å². The van der Waals surface area contributed by atoms with E-state index in [2.05, 4.69) is 10.6 Å². The number of rotatable bonds is 11. The Morgan fingerprint density at radius 2 is 1.40 bits per heavy atom. The minimum Gasteiger partial charge on any atom is -0.394 e. The van der Waals surface area contributed by atoms with E-state index in [9.17, 15) is 27.9 Å². The molecule has 2 amide bonds. The van der Waals surface area contributed by atoms with Crippen LogP contribution in [0, 0.1) is 0 Å². The summed E-state index contributed by atoms with van der Waals surface area (Å²) in [5, 5.41) is 15.2. The Labute approximate surface area is 246 Å². The molecule has 0 unspecified atom stereocenters. The van der Waals surface area contributed by atoms with Crippen molar-refractivity contribution in [1.82, 2.24) is 10.6 Å². The Morgan fingerprint density at radius 1 is 0.810 bits per heavy atom. The van der Waals surface area contributed by atoms with Gasteiger partial charge in [0.1, 0.15) is 5.70 Å². The number of aliphatic hydroxyl groups is 1. The highest BCUT2D eigenvalue weighted by atomic mass is 32.2. The van der Waals surface area contributed by atoms with Crippen molar-refractivity contribution in [2.45, 2.75) is 18.0 Å². The number of halogens is 3. The van der Waals surface area contributed by atoms with Gasteiger partial charge in [-0.05, 0) is 52.6 Å². The summed E-state index contributed by atoms with van der Waals surface area (Å²) in [4.78, 5) is 26.3. The molecule has 0 aliphatic rings. The highest BCUT2D eigenvalue weighted by Crippen LogP contribution is 2.29. The Bertz CT molecular complexity index is 1490. The molecule has 42 heavy (non-hydrogen) atoms. The fourth-order valence-corrected chi connectivity index (χ4v) is 5.05. The number of carbonyl (C=O) groups excluding carboxylic acids is 2. The van der Waals surface area contributed by atoms with E-state index < -0.39 is 29.6 Å². The molecule has 0 saturated carbocycles. The van der Waals surface area contributed by atoms with Gasteiger partial charge in [-0.15, -0.1) is 0 Å². The SMILES string of the molecule is O=C(N[C@H](CO)CSCc1ccccc1)/C(=C/c1ccc(-c2ccccc2)cc1)NC(=O)c1ccc(C(F)(F)F)cc1. The highest BCUT2D eigenvalue weighted by Gasteiger charge is 2.30. The van der Waals surface area contributed by atoms with Gasteiger partial charge in [-0.2, -0.15) is 24.9 Å². The van der Waals surface area contributed by atoms with Gasteiger partial charge in [0.15, 0.2) is 0 Å². The quantitative estimate of drug-likeness (QED) is 0.173. The molecule has 0 aliphatic heterocycles. The smallest absolute Gasteiger partial charge is 0.394 e. The first kappa shape index (κ1) is 30.6. The molecule has 216 valence electrons. The highest BCUT2D eigenvalue weighted by molar-refractivity contribution is 7.98. The molecule has 4 aromatic rings. The Balaban J connectivity index is 1.52. The number of carbonyl (C=O) groups is 2. The fraction of sp³-hybridized carbons (Fsp3) is 0.152. The molecule has 0 fully saturated rings. The number of nitrogens with one attached hydrogen (secondary N) is 2. The Morgan fingerprint density at radius 3 is 2.00 bits per heavy atom. The maximum Gasteiger partial charge on any atom is 0.416 e. The summed E-state index contributed by atoms with van der Waals surface area (Å²) < 4.78 is 38.9. The van der Waals surface area contributed by atoms with Crippen molar-refractivity contribution in [3.05, 3.63) is 137 Å². The summed E-state index contributed by atoms with van der Waals surface area (Å²) in [6.07, 6.45) is -3.05. The Kier molecular flexibility index (Phi) is 10.6. The van der Waals surface area contributed by atoms with Crippen LogP contribution in [-0.2, 0) is 16.7 Å². The molecule has 1 atom stereocenters. The molecule has 5 nitrogen and oxygen atoms in total. The molecule has 0 radical (unpaired) electrons. The minimum atomic E-state index is -4.54. The van der Waals surface area contributed by atoms with Gasteiger partial charge in [0.25, 0.3) is 11.8 Å². The van der Waals surface area contributed by atoms with Gasteiger partial charge in [0, 0.05) is 17.1 Å². The van der Waals surface area contributed by atoms with Crippen LogP contribution < -0.4 is 10.6 Å². The van der Waals surface area contributed by atoms with E-state index >= 15 is 0 Å². The fourth-order valence-electron chi connectivity index (χ4n) is 4.03. The molecule has 0 bridgehead atoms. The summed E-state index contributed by atoms with van der Waals surface area (Å²) in [5.74, 6) is -0.274. The maximum absolute atomic E-state index is 13.3. The van der Waals surface area contributed by atoms with Crippen LogP contribution in [0.3, 0.4) is 0 Å². The average Bonchev–Trinajstić information content (AvgIpc) is 3.01. The van der Waals surface area contributed by atoms with E-state index in [4.69, 9.17) is 0 Å². The predicted octanol–water partition coefficient (Wildman–Crippen LogP) is 6.55. The first-order valence-electron chi connectivity index (χ1n) is 13.1. The largest absolute Gasteiger partial charge is 0.416 e. The van der Waals surface area contributed by atoms with Crippen LogP contribution in [0.5, 0.6) is 0 Å². The number of thioether (sulfide) groups is 1. The lowest BCUT2D eigenvalue weighted by atomic mass is 10.0. The van der Waals surface area contributed by atoms with Gasteiger partial charge in [-0.1, -0.05) is 84.9 Å². The topological polar surface area (TPSA) is 78.4 Å². The third kappa shape index (κ3) is 8.83. The lowest BCUT2D eigenvalue weighted by Gasteiger charge is -2.18. The van der Waals surface area contributed by atoms with Crippen LogP contribution in [0.1, 0.15) is 27.0 Å². The summed E-state index contributed by atoms with van der Waals surface area (Å²) >= 11 is 1.54. The number of hydrogen-bond donors (Lipinski definition) is 3. The van der Waals surface area contributed by atoms with Gasteiger partial charge in [0.05, 0.1) is 18.2 Å². The summed E-state index contributed by atoms with van der Waals surface area (Å²) in [6.45, 7) is -0.320. The maximum atomic E-state index is 13.3. The normalized spacial score (nSPS) is 12.4. The van der Waals surface area contributed by atoms with Crippen LogP contribution in [0.4, 0.5) is 13.2 Å². The van der Waals surface area contributed by atoms with E-state index in [1.807, 2.05) is 72.8 Å². The van der Waals surface area contributed by atoms with Gasteiger partial charge in [0.2, 0.25) is 0 Å². The van der Waals surface area contributed by atoms with Crippen LogP contribution >= 0.6 is 11.8 Å². The predicted molar refractivity (Wildman–Crippen MR) is 160 cm³/mol. The standard InChI is InChI=1S/C33H29F3N2O3S/c34-33(35,36)28-17-15-27(16-18-28)31(40)38-30(19-23-11-13-26(14-12-23)25-9-5-2-6-10-25)32(41)37-29(20-39)22-42-21-24-7-3-1-4-8-24/h1-19,29,39H,20-22H2,(H,37,41)(H,38,40)/b30-19-/t29-/m1/s1. The van der Waals surface area contributed by atoms with E-state index in [0.29, 0.717) is 17.1 Å². The molecule has 0 saturated heterocycles. The average molecular weight is 591 g/mol. The number of benzene rings is 4. The van der Waals surface area contributed by atoms with Crippen molar-refractivity contribution < 1.29 is 27.9 Å². The molecular weight excluding hydrogens is 561 g/mol. The second-order valence-corrected chi connectivity index (χ2v) is 10.5. The molecule has 4 aromatic carbocycles. The minimum absolute atomic E-state index is 0.0433. The third-order valence-corrected chi connectivity index (χ3v) is 7.46. The second kappa shape index (κ2) is 14.5. The van der Waals surface area contributed by atoms with Crippen molar-refractivity contribution in [1.29, 1.82) is 0 Å². The second-order valence-electron chi connectivity index (χ2n) is 9.43. The van der Waals surface area contributed by atoms with Gasteiger partial charge in [-0.3, -0.25) is 9.59 Å². The van der Waals surface area contributed by atoms with Crippen molar-refractivity contribution in [2.75, 3.05) is 12.4 Å². The van der Waals surface area contributed by atoms with E-state index in [1.165, 1.54) is 17.8 Å². The molecule has 9 heteroatoms. The molecule has 3 N–H and O–H groups in total. The summed E-state index contributed by atoms with van der Waals surface area (Å²) in [7, 11) is 0. The van der Waals surface area contributed by atoms with E-state index in [0.717, 1.165) is 41.0 Å². The van der Waals surface area contributed by atoms with Crippen molar-refractivity contribution in [3.63, 3.8) is 0 Å². The van der Waals surface area contributed by atoms with Crippen molar-refractivity contribution in [2.24, 2.45) is 0 Å². The molecular formula is C33H29F3N2O3S. The molecule has 0 aromatic heterocycles. The third-order valence-electron chi connectivity index (χ3n) is 6.28. The number of alkyl halides is 3. The number of hydrogen-bond acceptors (Lipinski definition) is 4. The zero-order valence-corrected chi connectivity index (χ0v) is 23.3. The molecule has 0 aliphatic carbocycles. The van der Waals surface area contributed by atoms with Crippen LogP contribution in [0.25, 0.3) is 17.2 Å². The zero-order chi connectivity index (χ0) is 30.0. The summed E-state index contributed by atoms with van der Waals surface area (Å²) in [5.41, 5.74) is 2.66. The van der Waals surface area contributed by atoms with Crippen LogP contribution in [0.2, 0.25) is 0 Å². The lowest BCUT2D eigenvalue weighted by molar-refractivity contribution is -0.137. The van der Waals surface area contributed by atoms with Gasteiger partial charge in [-0.25, -0.2) is 0 Å². The van der Waals surface area contributed by atoms with Gasteiger partial charge < -0.3 is 15.7 Å². The molecule has 4 rings (SSSR count). The van der Waals surface area contributed by atoms with Crippen molar-refractivity contribution >= 4 is 29.7 Å². The van der Waals surface area contributed by atoms with Crippen LogP contribution in [0.15, 0.2) is 115 Å². The molecule has 0 heterocycles. The zero-order valence-electron chi connectivity index (χ0n) is 22.5. The Hall–Kier alpha value is -4.34. The monoisotopic (exact) mass is 590 g/mol. The first-order chi connectivity index (χ1) is 20.2. The van der Waals surface area contributed by atoms with E-state index in [1.54, 1.807) is 12.1 Å².